The van der Waals surface area contributed by atoms with Crippen LogP contribution < -0.4 is 10.1 Å². The van der Waals surface area contributed by atoms with Crippen LogP contribution in [0, 0.1) is 6.92 Å². The van der Waals surface area contributed by atoms with E-state index in [1.54, 1.807) is 0 Å². The summed E-state index contributed by atoms with van der Waals surface area (Å²) in [5.41, 5.74) is 5.25. The van der Waals surface area contributed by atoms with Crippen LogP contribution in [-0.2, 0) is 6.42 Å². The van der Waals surface area contributed by atoms with Crippen molar-refractivity contribution in [3.8, 4) is 17.1 Å². The van der Waals surface area contributed by atoms with Crippen LogP contribution >= 0.6 is 0 Å². The van der Waals surface area contributed by atoms with E-state index in [4.69, 9.17) is 14.1 Å². The van der Waals surface area contributed by atoms with Crippen molar-refractivity contribution in [3.05, 3.63) is 89.3 Å². The topological polar surface area (TPSA) is 34.7 Å². The largest absolute Gasteiger partial charge is 0.494 e. The van der Waals surface area contributed by atoms with Crippen molar-refractivity contribution in [1.82, 2.24) is 0 Å². The molecule has 0 amide bonds. The van der Waals surface area contributed by atoms with Gasteiger partial charge in [0.05, 0.1) is 17.7 Å². The van der Waals surface area contributed by atoms with Gasteiger partial charge in [0.1, 0.15) is 17.1 Å². The third-order valence-corrected chi connectivity index (χ3v) is 4.98. The molecular weight excluding hydrogens is 358 g/mol. The summed E-state index contributed by atoms with van der Waals surface area (Å²) in [5, 5.41) is 1.82. The molecule has 0 fully saturated rings. The highest BCUT2D eigenvalue weighted by Crippen LogP contribution is 2.26. The van der Waals surface area contributed by atoms with Crippen molar-refractivity contribution in [1.29, 1.82) is 0 Å². The summed E-state index contributed by atoms with van der Waals surface area (Å²) in [6.07, 6.45) is 0.934. The molecule has 1 aromatic heterocycles. The van der Waals surface area contributed by atoms with Crippen molar-refractivity contribution in [3.63, 3.8) is 0 Å². The average Bonchev–Trinajstić information content (AvgIpc) is 2.75. The number of para-hydroxylation sites is 1. The van der Waals surface area contributed by atoms with Gasteiger partial charge in [-0.05, 0) is 50.1 Å². The Morgan fingerprint density at radius 3 is 2.45 bits per heavy atom. The maximum absolute atomic E-state index is 6.24. The molecule has 0 saturated heterocycles. The van der Waals surface area contributed by atoms with Gasteiger partial charge in [-0.2, -0.15) is 0 Å². The van der Waals surface area contributed by atoms with Gasteiger partial charge < -0.3 is 9.15 Å². The zero-order valence-corrected chi connectivity index (χ0v) is 17.1. The summed E-state index contributed by atoms with van der Waals surface area (Å²) in [6, 6.07) is 24.6. The van der Waals surface area contributed by atoms with Crippen LogP contribution in [0.15, 0.2) is 82.2 Å². The molecule has 0 bridgehead atoms. The van der Waals surface area contributed by atoms with Crippen LogP contribution in [0.4, 0.5) is 5.69 Å². The molecular formula is C26H25NO2. The van der Waals surface area contributed by atoms with E-state index in [9.17, 15) is 0 Å². The second-order valence-electron chi connectivity index (χ2n) is 7.05. The van der Waals surface area contributed by atoms with Gasteiger partial charge in [0.2, 0.25) is 0 Å². The second kappa shape index (κ2) is 8.36. The van der Waals surface area contributed by atoms with Gasteiger partial charge in [-0.1, -0.05) is 55.0 Å². The monoisotopic (exact) mass is 383 g/mol. The minimum Gasteiger partial charge on any atom is -0.494 e. The number of nitrogens with zero attached hydrogens (tertiary/aromatic N) is 1. The smallest absolute Gasteiger partial charge is 0.137 e. The normalized spacial score (nSPS) is 11.8. The summed E-state index contributed by atoms with van der Waals surface area (Å²) in [4.78, 5) is 5.03. The van der Waals surface area contributed by atoms with Crippen molar-refractivity contribution < 1.29 is 9.15 Å². The molecule has 0 radical (unpaired) electrons. The molecule has 4 rings (SSSR count). The maximum Gasteiger partial charge on any atom is 0.137 e. The highest BCUT2D eigenvalue weighted by Gasteiger charge is 2.08. The van der Waals surface area contributed by atoms with E-state index in [0.29, 0.717) is 6.61 Å². The quantitative estimate of drug-likeness (QED) is 0.389. The van der Waals surface area contributed by atoms with Gasteiger partial charge in [-0.25, -0.2) is 4.99 Å². The van der Waals surface area contributed by atoms with E-state index in [2.05, 4.69) is 56.3 Å². The Balaban J connectivity index is 1.98. The van der Waals surface area contributed by atoms with Gasteiger partial charge in [0, 0.05) is 17.0 Å². The molecule has 29 heavy (non-hydrogen) atoms. The Hall–Kier alpha value is -3.33. The number of aryl methyl sites for hydroxylation is 2. The van der Waals surface area contributed by atoms with Crippen molar-refractivity contribution in [2.75, 3.05) is 6.61 Å². The van der Waals surface area contributed by atoms with Crippen LogP contribution in [0.3, 0.4) is 0 Å². The molecule has 1 heterocycles. The first-order valence-corrected chi connectivity index (χ1v) is 10.1. The minimum atomic E-state index is 0.620. The standard InChI is InChI=1S/C26H25NO2/c1-4-19-8-6-7-9-23(19)27-24-17-26(20-12-10-18(3)11-13-20)29-25-15-14-21(28-5-2)16-22(24)25/h6-17H,4-5H2,1-3H3. The highest BCUT2D eigenvalue weighted by molar-refractivity contribution is 5.80. The fourth-order valence-electron chi connectivity index (χ4n) is 3.41. The summed E-state index contributed by atoms with van der Waals surface area (Å²) < 4.78 is 11.9. The molecule has 0 aliphatic carbocycles. The summed E-state index contributed by atoms with van der Waals surface area (Å²) in [7, 11) is 0. The van der Waals surface area contributed by atoms with Crippen LogP contribution in [0.2, 0.25) is 0 Å². The number of benzene rings is 3. The number of ether oxygens (including phenoxy) is 1. The Kier molecular flexibility index (Phi) is 5.48. The van der Waals surface area contributed by atoms with E-state index in [1.807, 2.05) is 37.3 Å². The molecule has 3 heteroatoms. The number of fused-ring (bicyclic) bond motifs is 1. The van der Waals surface area contributed by atoms with Crippen molar-refractivity contribution >= 4 is 16.7 Å². The van der Waals surface area contributed by atoms with Gasteiger partial charge in [-0.15, -0.1) is 0 Å². The fraction of sp³-hybridized carbons (Fsp3) is 0.192. The van der Waals surface area contributed by atoms with Crippen LogP contribution in [0.25, 0.3) is 22.3 Å². The predicted octanol–water partition coefficient (Wildman–Crippen LogP) is 6.60. The van der Waals surface area contributed by atoms with Gasteiger partial charge in [0.15, 0.2) is 0 Å². The number of hydrogen-bond donors (Lipinski definition) is 0. The van der Waals surface area contributed by atoms with E-state index in [-0.39, 0.29) is 0 Å². The third-order valence-electron chi connectivity index (χ3n) is 4.98. The summed E-state index contributed by atoms with van der Waals surface area (Å²) in [5.74, 6) is 1.62. The van der Waals surface area contributed by atoms with Crippen LogP contribution in [0.1, 0.15) is 25.0 Å². The lowest BCUT2D eigenvalue weighted by Crippen LogP contribution is -2.04. The van der Waals surface area contributed by atoms with Gasteiger partial charge >= 0.3 is 0 Å². The minimum absolute atomic E-state index is 0.620. The first-order valence-electron chi connectivity index (χ1n) is 10.1. The molecule has 3 nitrogen and oxygen atoms in total. The molecule has 3 aromatic carbocycles. The zero-order valence-electron chi connectivity index (χ0n) is 17.1. The van der Waals surface area contributed by atoms with E-state index < -0.39 is 0 Å². The van der Waals surface area contributed by atoms with Crippen LogP contribution in [0.5, 0.6) is 5.75 Å². The number of hydrogen-bond acceptors (Lipinski definition) is 3. The zero-order chi connectivity index (χ0) is 20.2. The third kappa shape index (κ3) is 4.09. The molecule has 0 N–H and O–H groups in total. The highest BCUT2D eigenvalue weighted by atomic mass is 16.5. The van der Waals surface area contributed by atoms with Crippen molar-refractivity contribution in [2.45, 2.75) is 27.2 Å². The first-order chi connectivity index (χ1) is 14.2. The summed E-state index contributed by atoms with van der Waals surface area (Å²) >= 11 is 0. The first kappa shape index (κ1) is 19.0. The average molecular weight is 383 g/mol. The van der Waals surface area contributed by atoms with Gasteiger partial charge in [-0.3, -0.25) is 0 Å². The Labute approximate surface area is 171 Å². The Morgan fingerprint density at radius 1 is 0.897 bits per heavy atom. The SMILES string of the molecule is CCOc1ccc2oc(-c3ccc(C)cc3)cc(=Nc3ccccc3CC)c2c1. The summed E-state index contributed by atoms with van der Waals surface area (Å²) in [6.45, 7) is 6.84. The van der Waals surface area contributed by atoms with E-state index in [0.717, 1.165) is 45.5 Å². The lowest BCUT2D eigenvalue weighted by Gasteiger charge is -2.09. The fourth-order valence-corrected chi connectivity index (χ4v) is 3.41. The molecule has 0 saturated carbocycles. The van der Waals surface area contributed by atoms with E-state index >= 15 is 0 Å². The lowest BCUT2D eigenvalue weighted by atomic mass is 10.1. The molecule has 4 aromatic rings. The molecule has 0 spiro atoms. The molecule has 0 unspecified atom stereocenters. The molecule has 0 aliphatic heterocycles. The maximum atomic E-state index is 6.24. The van der Waals surface area contributed by atoms with E-state index in [1.165, 1.54) is 11.1 Å². The second-order valence-corrected chi connectivity index (χ2v) is 7.05. The molecule has 0 aliphatic rings. The van der Waals surface area contributed by atoms with Crippen LogP contribution in [-0.4, -0.2) is 6.61 Å². The number of rotatable bonds is 5. The predicted molar refractivity (Wildman–Crippen MR) is 119 cm³/mol. The van der Waals surface area contributed by atoms with Crippen molar-refractivity contribution in [2.24, 2.45) is 4.99 Å². The molecule has 0 atom stereocenters. The molecule has 146 valence electrons. The Bertz CT molecular complexity index is 1200. The lowest BCUT2D eigenvalue weighted by molar-refractivity contribution is 0.340. The van der Waals surface area contributed by atoms with Gasteiger partial charge in [0.25, 0.3) is 0 Å². The Morgan fingerprint density at radius 2 is 1.69 bits per heavy atom.